The first-order chi connectivity index (χ1) is 12.3. The van der Waals surface area contributed by atoms with Crippen molar-refractivity contribution in [3.05, 3.63) is 59.7 Å². The summed E-state index contributed by atoms with van der Waals surface area (Å²) >= 11 is 0. The molecule has 1 atom stereocenters. The molecule has 1 amide bonds. The minimum atomic E-state index is -3.77. The van der Waals surface area contributed by atoms with Gasteiger partial charge in [-0.25, -0.2) is 8.42 Å². The fraction of sp³-hybridized carbons (Fsp3) is 0.316. The van der Waals surface area contributed by atoms with E-state index in [1.165, 1.54) is 12.1 Å². The average molecular weight is 374 g/mol. The molecule has 0 bridgehead atoms. The summed E-state index contributed by atoms with van der Waals surface area (Å²) in [6, 6.07) is 13.2. The topological polar surface area (TPSA) is 75.7 Å². The monoisotopic (exact) mass is 374 g/mol. The molecule has 1 unspecified atom stereocenters. The van der Waals surface area contributed by atoms with Gasteiger partial charge in [0.2, 0.25) is 0 Å². The summed E-state index contributed by atoms with van der Waals surface area (Å²) in [5, 5.41) is 0. The van der Waals surface area contributed by atoms with E-state index in [-0.39, 0.29) is 16.9 Å². The van der Waals surface area contributed by atoms with Gasteiger partial charge in [-0.1, -0.05) is 23.8 Å². The van der Waals surface area contributed by atoms with Crippen LogP contribution in [0.4, 0.5) is 5.69 Å². The molecule has 2 aromatic rings. The molecule has 2 aromatic carbocycles. The SMILES string of the molecule is Cc1ccc(NS(=O)(=O)c2cccc(C(=O)N3CCOC(C)C3)c2)cc1. The third-order valence-corrected chi connectivity index (χ3v) is 5.60. The summed E-state index contributed by atoms with van der Waals surface area (Å²) in [7, 11) is -3.77. The summed E-state index contributed by atoms with van der Waals surface area (Å²) in [5.41, 5.74) is 1.88. The number of nitrogens with one attached hydrogen (secondary N) is 1. The van der Waals surface area contributed by atoms with Crippen molar-refractivity contribution in [3.63, 3.8) is 0 Å². The maximum absolute atomic E-state index is 12.7. The summed E-state index contributed by atoms with van der Waals surface area (Å²) in [6.45, 7) is 5.32. The predicted octanol–water partition coefficient (Wildman–Crippen LogP) is 2.66. The van der Waals surface area contributed by atoms with Crippen molar-refractivity contribution in [1.29, 1.82) is 0 Å². The summed E-state index contributed by atoms with van der Waals surface area (Å²) in [4.78, 5) is 14.4. The molecule has 1 fully saturated rings. The van der Waals surface area contributed by atoms with E-state index in [9.17, 15) is 13.2 Å². The summed E-state index contributed by atoms with van der Waals surface area (Å²) in [6.07, 6.45) is -0.0252. The Morgan fingerprint density at radius 3 is 2.62 bits per heavy atom. The summed E-state index contributed by atoms with van der Waals surface area (Å²) in [5.74, 6) is -0.187. The molecule has 0 aromatic heterocycles. The van der Waals surface area contributed by atoms with E-state index >= 15 is 0 Å². The van der Waals surface area contributed by atoms with E-state index in [0.29, 0.717) is 30.9 Å². The van der Waals surface area contributed by atoms with Crippen LogP contribution in [0.2, 0.25) is 0 Å². The number of hydrogen-bond donors (Lipinski definition) is 1. The Labute approximate surface area is 153 Å². The minimum absolute atomic E-state index is 0.0252. The molecule has 0 radical (unpaired) electrons. The van der Waals surface area contributed by atoms with Gasteiger partial charge in [0.15, 0.2) is 0 Å². The molecule has 1 saturated heterocycles. The highest BCUT2D eigenvalue weighted by Gasteiger charge is 2.24. The number of carbonyl (C=O) groups excluding carboxylic acids is 1. The Balaban J connectivity index is 1.81. The van der Waals surface area contributed by atoms with Crippen LogP contribution in [0.1, 0.15) is 22.8 Å². The zero-order valence-electron chi connectivity index (χ0n) is 14.8. The van der Waals surface area contributed by atoms with Crippen molar-refractivity contribution in [2.75, 3.05) is 24.4 Å². The number of ether oxygens (including phenoxy) is 1. The number of sulfonamides is 1. The maximum atomic E-state index is 12.7. The van der Waals surface area contributed by atoms with Gasteiger partial charge in [0.25, 0.3) is 15.9 Å². The van der Waals surface area contributed by atoms with Gasteiger partial charge in [-0.05, 0) is 44.2 Å². The summed E-state index contributed by atoms with van der Waals surface area (Å²) < 4.78 is 33.3. The van der Waals surface area contributed by atoms with Crippen LogP contribution < -0.4 is 4.72 Å². The highest BCUT2D eigenvalue weighted by molar-refractivity contribution is 7.92. The lowest BCUT2D eigenvalue weighted by atomic mass is 10.2. The first-order valence-electron chi connectivity index (χ1n) is 8.45. The van der Waals surface area contributed by atoms with Gasteiger partial charge in [0.1, 0.15) is 0 Å². The number of hydrogen-bond acceptors (Lipinski definition) is 4. The molecule has 7 heteroatoms. The molecule has 0 saturated carbocycles. The van der Waals surface area contributed by atoms with Crippen molar-refractivity contribution in [1.82, 2.24) is 4.90 Å². The number of amides is 1. The van der Waals surface area contributed by atoms with Gasteiger partial charge in [-0.2, -0.15) is 0 Å². The predicted molar refractivity (Wildman–Crippen MR) is 99.7 cm³/mol. The molecule has 26 heavy (non-hydrogen) atoms. The lowest BCUT2D eigenvalue weighted by Crippen LogP contribution is -2.44. The fourth-order valence-electron chi connectivity index (χ4n) is 2.82. The molecular formula is C19H22N2O4S. The smallest absolute Gasteiger partial charge is 0.261 e. The van der Waals surface area contributed by atoms with Crippen LogP contribution in [-0.4, -0.2) is 45.0 Å². The number of carbonyl (C=O) groups is 1. The quantitative estimate of drug-likeness (QED) is 0.893. The largest absolute Gasteiger partial charge is 0.375 e. The van der Waals surface area contributed by atoms with E-state index < -0.39 is 10.0 Å². The average Bonchev–Trinajstić information content (AvgIpc) is 2.63. The van der Waals surface area contributed by atoms with Crippen molar-refractivity contribution >= 4 is 21.6 Å². The van der Waals surface area contributed by atoms with Crippen molar-refractivity contribution in [2.24, 2.45) is 0 Å². The Morgan fingerprint density at radius 1 is 1.19 bits per heavy atom. The van der Waals surface area contributed by atoms with Gasteiger partial charge in [0.05, 0.1) is 17.6 Å². The fourth-order valence-corrected chi connectivity index (χ4v) is 3.92. The molecule has 1 aliphatic heterocycles. The molecule has 1 N–H and O–H groups in total. The van der Waals surface area contributed by atoms with Crippen molar-refractivity contribution in [3.8, 4) is 0 Å². The third-order valence-electron chi connectivity index (χ3n) is 4.22. The van der Waals surface area contributed by atoms with Crippen LogP contribution >= 0.6 is 0 Å². The lowest BCUT2D eigenvalue weighted by Gasteiger charge is -2.31. The Hall–Kier alpha value is -2.38. The Morgan fingerprint density at radius 2 is 1.92 bits per heavy atom. The first-order valence-corrected chi connectivity index (χ1v) is 9.94. The van der Waals surface area contributed by atoms with Crippen LogP contribution in [0, 0.1) is 6.92 Å². The molecule has 138 valence electrons. The molecule has 0 aliphatic carbocycles. The number of morpholine rings is 1. The van der Waals surface area contributed by atoms with Gasteiger partial charge >= 0.3 is 0 Å². The number of anilines is 1. The Bertz CT molecular complexity index is 894. The number of benzene rings is 2. The van der Waals surface area contributed by atoms with E-state index in [1.54, 1.807) is 29.2 Å². The highest BCUT2D eigenvalue weighted by Crippen LogP contribution is 2.19. The number of nitrogens with zero attached hydrogens (tertiary/aromatic N) is 1. The van der Waals surface area contributed by atoms with E-state index in [2.05, 4.69) is 4.72 Å². The molecule has 1 aliphatic rings. The van der Waals surface area contributed by atoms with Crippen LogP contribution in [0.25, 0.3) is 0 Å². The van der Waals surface area contributed by atoms with Gasteiger partial charge in [0, 0.05) is 24.3 Å². The van der Waals surface area contributed by atoms with Crippen LogP contribution in [0.15, 0.2) is 53.4 Å². The molecular weight excluding hydrogens is 352 g/mol. The highest BCUT2D eigenvalue weighted by atomic mass is 32.2. The first kappa shape index (κ1) is 18.4. The third kappa shape index (κ3) is 4.23. The molecule has 0 spiro atoms. The van der Waals surface area contributed by atoms with Gasteiger partial charge in [-0.15, -0.1) is 0 Å². The number of aryl methyl sites for hydroxylation is 1. The zero-order chi connectivity index (χ0) is 18.7. The van der Waals surface area contributed by atoms with Gasteiger partial charge in [-0.3, -0.25) is 9.52 Å². The van der Waals surface area contributed by atoms with E-state index in [1.807, 2.05) is 26.0 Å². The Kier molecular flexibility index (Phi) is 5.29. The maximum Gasteiger partial charge on any atom is 0.261 e. The normalized spacial score (nSPS) is 17.8. The van der Waals surface area contributed by atoms with Gasteiger partial charge < -0.3 is 9.64 Å². The number of rotatable bonds is 4. The van der Waals surface area contributed by atoms with Crippen LogP contribution in [0.3, 0.4) is 0 Å². The van der Waals surface area contributed by atoms with Crippen LogP contribution in [0.5, 0.6) is 0 Å². The standard InChI is InChI=1S/C19H22N2O4S/c1-14-6-8-17(9-7-14)20-26(23,24)18-5-3-4-16(12-18)19(22)21-10-11-25-15(2)13-21/h3-9,12,15,20H,10-11,13H2,1-2H3. The molecule has 3 rings (SSSR count). The van der Waals surface area contributed by atoms with E-state index in [0.717, 1.165) is 5.56 Å². The minimum Gasteiger partial charge on any atom is -0.375 e. The van der Waals surface area contributed by atoms with Crippen molar-refractivity contribution in [2.45, 2.75) is 24.8 Å². The van der Waals surface area contributed by atoms with Crippen LogP contribution in [-0.2, 0) is 14.8 Å². The zero-order valence-corrected chi connectivity index (χ0v) is 15.6. The lowest BCUT2D eigenvalue weighted by molar-refractivity contribution is -0.0124. The molecule has 6 nitrogen and oxygen atoms in total. The van der Waals surface area contributed by atoms with E-state index in [4.69, 9.17) is 4.74 Å². The molecule has 1 heterocycles. The second kappa shape index (κ2) is 7.47. The second-order valence-electron chi connectivity index (χ2n) is 6.43. The van der Waals surface area contributed by atoms with Crippen molar-refractivity contribution < 1.29 is 17.9 Å². The second-order valence-corrected chi connectivity index (χ2v) is 8.11.